The number of aromatic nitrogens is 4. The molecule has 3 aromatic rings. The number of fused-ring (bicyclic) bond motifs is 1. The first-order valence-electron chi connectivity index (χ1n) is 5.36. The Morgan fingerprint density at radius 2 is 2.17 bits per heavy atom. The third-order valence-electron chi connectivity index (χ3n) is 2.73. The predicted octanol–water partition coefficient (Wildman–Crippen LogP) is 1.43. The number of aryl methyl sites for hydroxylation is 1. The molecule has 0 saturated carbocycles. The van der Waals surface area contributed by atoms with Gasteiger partial charge in [-0.2, -0.15) is 5.10 Å². The molecule has 0 aliphatic rings. The van der Waals surface area contributed by atoms with Crippen LogP contribution in [0.15, 0.2) is 36.7 Å². The van der Waals surface area contributed by atoms with Gasteiger partial charge >= 0.3 is 5.97 Å². The summed E-state index contributed by atoms with van der Waals surface area (Å²) in [6.07, 6.45) is 3.70. The number of imidazole rings is 1. The average molecular weight is 242 g/mol. The van der Waals surface area contributed by atoms with Crippen LogP contribution in [0, 0.1) is 0 Å². The maximum Gasteiger partial charge on any atom is 0.354 e. The Balaban J connectivity index is 2.14. The average Bonchev–Trinajstić information content (AvgIpc) is 2.91. The summed E-state index contributed by atoms with van der Waals surface area (Å²) in [7, 11) is 1.60. The van der Waals surface area contributed by atoms with Crippen molar-refractivity contribution in [1.82, 2.24) is 19.2 Å². The van der Waals surface area contributed by atoms with Crippen LogP contribution in [0.2, 0.25) is 0 Å². The number of hydrogen-bond donors (Lipinski definition) is 1. The van der Waals surface area contributed by atoms with E-state index >= 15 is 0 Å². The van der Waals surface area contributed by atoms with Crippen LogP contribution in [0.5, 0.6) is 0 Å². The van der Waals surface area contributed by atoms with Crippen LogP contribution in [0.3, 0.4) is 0 Å². The Morgan fingerprint density at radius 1 is 1.33 bits per heavy atom. The summed E-state index contributed by atoms with van der Waals surface area (Å²) < 4.78 is 3.20. The molecule has 0 aliphatic carbocycles. The van der Waals surface area contributed by atoms with Crippen LogP contribution in [0.1, 0.15) is 10.5 Å². The summed E-state index contributed by atoms with van der Waals surface area (Å²) in [4.78, 5) is 15.3. The second-order valence-corrected chi connectivity index (χ2v) is 3.94. The molecule has 18 heavy (non-hydrogen) atoms. The number of nitrogens with zero attached hydrogens (tertiary/aromatic N) is 4. The highest BCUT2D eigenvalue weighted by Gasteiger charge is 2.14. The zero-order valence-corrected chi connectivity index (χ0v) is 9.61. The Labute approximate surface area is 102 Å². The molecule has 3 aromatic heterocycles. The lowest BCUT2D eigenvalue weighted by Gasteiger charge is -1.91. The molecule has 0 atom stereocenters. The van der Waals surface area contributed by atoms with Crippen LogP contribution in [-0.4, -0.2) is 30.2 Å². The number of rotatable bonds is 2. The minimum Gasteiger partial charge on any atom is -0.477 e. The topological polar surface area (TPSA) is 72.4 Å². The van der Waals surface area contributed by atoms with Crippen LogP contribution >= 0.6 is 0 Å². The second kappa shape index (κ2) is 3.69. The summed E-state index contributed by atoms with van der Waals surface area (Å²) in [6.45, 7) is 0. The molecule has 6 heteroatoms. The highest BCUT2D eigenvalue weighted by molar-refractivity contribution is 5.87. The second-order valence-electron chi connectivity index (χ2n) is 3.94. The third-order valence-corrected chi connectivity index (χ3v) is 2.73. The summed E-state index contributed by atoms with van der Waals surface area (Å²) in [5, 5.41) is 13.1. The minimum atomic E-state index is -1.000. The SMILES string of the molecule is Cn1nc(-c2cn3ccccc3n2)cc1C(=O)O. The van der Waals surface area contributed by atoms with Gasteiger partial charge in [0.15, 0.2) is 0 Å². The van der Waals surface area contributed by atoms with Crippen LogP contribution in [0.25, 0.3) is 17.0 Å². The van der Waals surface area contributed by atoms with Crippen molar-refractivity contribution in [2.75, 3.05) is 0 Å². The highest BCUT2D eigenvalue weighted by Crippen LogP contribution is 2.18. The molecule has 6 nitrogen and oxygen atoms in total. The monoisotopic (exact) mass is 242 g/mol. The first-order valence-corrected chi connectivity index (χ1v) is 5.36. The van der Waals surface area contributed by atoms with E-state index in [0.29, 0.717) is 11.4 Å². The predicted molar refractivity (Wildman–Crippen MR) is 64.4 cm³/mol. The van der Waals surface area contributed by atoms with Crippen molar-refractivity contribution in [1.29, 1.82) is 0 Å². The molecular formula is C12H10N4O2. The van der Waals surface area contributed by atoms with Crippen molar-refractivity contribution in [3.8, 4) is 11.4 Å². The van der Waals surface area contributed by atoms with E-state index in [0.717, 1.165) is 5.65 Å². The molecule has 0 unspecified atom stereocenters. The van der Waals surface area contributed by atoms with Crippen molar-refractivity contribution < 1.29 is 9.90 Å². The lowest BCUT2D eigenvalue weighted by molar-refractivity contribution is 0.0685. The molecule has 0 aliphatic heterocycles. The van der Waals surface area contributed by atoms with Crippen LogP contribution in [-0.2, 0) is 7.05 Å². The number of hydrogen-bond acceptors (Lipinski definition) is 3. The van der Waals surface area contributed by atoms with E-state index in [9.17, 15) is 4.79 Å². The lowest BCUT2D eigenvalue weighted by Crippen LogP contribution is -2.04. The fourth-order valence-electron chi connectivity index (χ4n) is 1.85. The van der Waals surface area contributed by atoms with Gasteiger partial charge in [0.25, 0.3) is 0 Å². The van der Waals surface area contributed by atoms with E-state index in [1.54, 1.807) is 7.05 Å². The summed E-state index contributed by atoms with van der Waals surface area (Å²) >= 11 is 0. The fraction of sp³-hybridized carbons (Fsp3) is 0.0833. The zero-order valence-electron chi connectivity index (χ0n) is 9.61. The van der Waals surface area contributed by atoms with Crippen LogP contribution in [0.4, 0.5) is 0 Å². The maximum absolute atomic E-state index is 11.0. The standard InChI is InChI=1S/C12H10N4O2/c1-15-10(12(17)18)6-8(14-15)9-7-16-5-3-2-4-11(16)13-9/h2-7H,1H3,(H,17,18). The first-order chi connectivity index (χ1) is 8.65. The molecule has 0 saturated heterocycles. The Hall–Kier alpha value is -2.63. The molecule has 90 valence electrons. The highest BCUT2D eigenvalue weighted by atomic mass is 16.4. The Morgan fingerprint density at radius 3 is 2.83 bits per heavy atom. The van der Waals surface area contributed by atoms with Crippen molar-refractivity contribution in [3.63, 3.8) is 0 Å². The number of carboxylic acids is 1. The molecule has 0 spiro atoms. The van der Waals surface area contributed by atoms with Gasteiger partial charge < -0.3 is 9.51 Å². The number of carbonyl (C=O) groups is 1. The number of carboxylic acid groups (broad SMARTS) is 1. The van der Waals surface area contributed by atoms with E-state index in [4.69, 9.17) is 5.11 Å². The van der Waals surface area contributed by atoms with Gasteiger partial charge in [-0.3, -0.25) is 4.68 Å². The number of pyridine rings is 1. The van der Waals surface area contributed by atoms with Gasteiger partial charge in [-0.1, -0.05) is 6.07 Å². The molecule has 0 radical (unpaired) electrons. The van der Waals surface area contributed by atoms with Gasteiger partial charge in [0.2, 0.25) is 0 Å². The smallest absolute Gasteiger partial charge is 0.354 e. The first kappa shape index (κ1) is 10.5. The van der Waals surface area contributed by atoms with E-state index in [2.05, 4.69) is 10.1 Å². The lowest BCUT2D eigenvalue weighted by atomic mass is 10.3. The van der Waals surface area contributed by atoms with Gasteiger partial charge in [0, 0.05) is 25.5 Å². The van der Waals surface area contributed by atoms with E-state index in [1.807, 2.05) is 35.0 Å². The Kier molecular flexibility index (Phi) is 2.16. The van der Waals surface area contributed by atoms with Crippen molar-refractivity contribution >= 4 is 11.6 Å². The molecule has 3 rings (SSSR count). The van der Waals surface area contributed by atoms with Gasteiger partial charge in [0.1, 0.15) is 22.7 Å². The largest absolute Gasteiger partial charge is 0.477 e. The molecule has 0 fully saturated rings. The zero-order chi connectivity index (χ0) is 12.7. The molecule has 0 aromatic carbocycles. The van der Waals surface area contributed by atoms with Crippen LogP contribution < -0.4 is 0 Å². The molecule has 1 N–H and O–H groups in total. The van der Waals surface area contributed by atoms with E-state index < -0.39 is 5.97 Å². The summed E-state index contributed by atoms with van der Waals surface area (Å²) in [6, 6.07) is 7.20. The van der Waals surface area contributed by atoms with Crippen molar-refractivity contribution in [3.05, 3.63) is 42.4 Å². The summed E-state index contributed by atoms with van der Waals surface area (Å²) in [5.41, 5.74) is 2.15. The third kappa shape index (κ3) is 1.55. The van der Waals surface area contributed by atoms with Gasteiger partial charge in [-0.05, 0) is 12.1 Å². The quantitative estimate of drug-likeness (QED) is 0.737. The summed E-state index contributed by atoms with van der Waals surface area (Å²) in [5.74, 6) is -1.000. The fourth-order valence-corrected chi connectivity index (χ4v) is 1.85. The van der Waals surface area contributed by atoms with Crippen molar-refractivity contribution in [2.45, 2.75) is 0 Å². The van der Waals surface area contributed by atoms with Crippen molar-refractivity contribution in [2.24, 2.45) is 7.05 Å². The Bertz CT molecular complexity index is 708. The molecule has 0 bridgehead atoms. The normalized spacial score (nSPS) is 10.9. The van der Waals surface area contributed by atoms with Gasteiger partial charge in [-0.15, -0.1) is 0 Å². The molecular weight excluding hydrogens is 232 g/mol. The van der Waals surface area contributed by atoms with Gasteiger partial charge in [0.05, 0.1) is 0 Å². The van der Waals surface area contributed by atoms with E-state index in [1.165, 1.54) is 10.7 Å². The van der Waals surface area contributed by atoms with Gasteiger partial charge in [-0.25, -0.2) is 9.78 Å². The minimum absolute atomic E-state index is 0.141. The molecule has 0 amide bonds. The van der Waals surface area contributed by atoms with E-state index in [-0.39, 0.29) is 5.69 Å². The number of aromatic carboxylic acids is 1. The molecule has 3 heterocycles. The maximum atomic E-state index is 11.0.